The lowest BCUT2D eigenvalue weighted by Crippen LogP contribution is -2.34. The van der Waals surface area contributed by atoms with E-state index in [1.54, 1.807) is 0 Å². The zero-order valence-electron chi connectivity index (χ0n) is 11.6. The highest BCUT2D eigenvalue weighted by Gasteiger charge is 2.26. The Morgan fingerprint density at radius 2 is 2.06 bits per heavy atom. The van der Waals surface area contributed by atoms with Crippen LogP contribution in [0.15, 0.2) is 11.2 Å². The van der Waals surface area contributed by atoms with Crippen molar-refractivity contribution in [1.29, 1.82) is 0 Å². The summed E-state index contributed by atoms with van der Waals surface area (Å²) in [6.07, 6.45) is 3.08. The Kier molecular flexibility index (Phi) is 5.34. The van der Waals surface area contributed by atoms with Gasteiger partial charge in [0.1, 0.15) is 5.82 Å². The average Bonchev–Trinajstić information content (AvgIpc) is 2.84. The van der Waals surface area contributed by atoms with Gasteiger partial charge in [0.25, 0.3) is 10.0 Å². The fraction of sp³-hybridized carbons (Fsp3) is 0.750. The highest BCUT2D eigenvalue weighted by molar-refractivity contribution is 7.89. The molecule has 0 radical (unpaired) electrons. The topological polar surface area (TPSA) is 66.1 Å². The van der Waals surface area contributed by atoms with Gasteiger partial charge in [0.05, 0.1) is 6.20 Å². The Morgan fingerprint density at radius 1 is 1.39 bits per heavy atom. The van der Waals surface area contributed by atoms with Crippen molar-refractivity contribution < 1.29 is 8.42 Å². The van der Waals surface area contributed by atoms with Crippen molar-refractivity contribution in [2.24, 2.45) is 5.92 Å². The monoisotopic (exact) mass is 273 g/mol. The number of rotatable bonds is 7. The van der Waals surface area contributed by atoms with Crippen LogP contribution < -0.4 is 0 Å². The number of H-pyrrole nitrogens is 1. The van der Waals surface area contributed by atoms with Crippen LogP contribution in [0.3, 0.4) is 0 Å². The SMILES string of the molecule is CCc1ncc(S(=O)(=O)N(CC)CC(C)CC)[nH]1. The van der Waals surface area contributed by atoms with E-state index in [2.05, 4.69) is 23.8 Å². The van der Waals surface area contributed by atoms with Gasteiger partial charge in [0, 0.05) is 19.5 Å². The molecule has 1 rings (SSSR count). The van der Waals surface area contributed by atoms with Crippen LogP contribution in [-0.4, -0.2) is 35.8 Å². The summed E-state index contributed by atoms with van der Waals surface area (Å²) in [7, 11) is -3.43. The third-order valence-corrected chi connectivity index (χ3v) is 4.97. The molecule has 1 atom stereocenters. The van der Waals surface area contributed by atoms with Crippen molar-refractivity contribution in [2.75, 3.05) is 13.1 Å². The number of nitrogens with zero attached hydrogens (tertiary/aromatic N) is 2. The van der Waals surface area contributed by atoms with Gasteiger partial charge >= 0.3 is 0 Å². The van der Waals surface area contributed by atoms with Crippen molar-refractivity contribution in [3.8, 4) is 0 Å². The number of sulfonamides is 1. The van der Waals surface area contributed by atoms with Crippen LogP contribution in [0.25, 0.3) is 0 Å². The normalized spacial score (nSPS) is 14.1. The maximum Gasteiger partial charge on any atom is 0.260 e. The number of nitrogens with one attached hydrogen (secondary N) is 1. The molecule has 1 unspecified atom stereocenters. The number of hydrogen-bond donors (Lipinski definition) is 1. The van der Waals surface area contributed by atoms with Gasteiger partial charge in [-0.25, -0.2) is 13.4 Å². The van der Waals surface area contributed by atoms with Crippen molar-refractivity contribution in [3.05, 3.63) is 12.0 Å². The second-order valence-electron chi connectivity index (χ2n) is 4.52. The van der Waals surface area contributed by atoms with Crippen LogP contribution >= 0.6 is 0 Å². The molecule has 0 aromatic carbocycles. The minimum absolute atomic E-state index is 0.199. The summed E-state index contributed by atoms with van der Waals surface area (Å²) in [4.78, 5) is 6.92. The number of aromatic nitrogens is 2. The van der Waals surface area contributed by atoms with E-state index < -0.39 is 10.0 Å². The lowest BCUT2D eigenvalue weighted by Gasteiger charge is -2.22. The van der Waals surface area contributed by atoms with Crippen molar-refractivity contribution in [1.82, 2.24) is 14.3 Å². The zero-order chi connectivity index (χ0) is 13.8. The van der Waals surface area contributed by atoms with Gasteiger partial charge in [-0.2, -0.15) is 4.31 Å². The Morgan fingerprint density at radius 3 is 2.50 bits per heavy atom. The van der Waals surface area contributed by atoms with Crippen LogP contribution in [0.4, 0.5) is 0 Å². The molecule has 0 fully saturated rings. The average molecular weight is 273 g/mol. The predicted octanol–water partition coefficient (Wildman–Crippen LogP) is 2.03. The molecule has 1 aromatic rings. The fourth-order valence-electron chi connectivity index (χ4n) is 1.67. The van der Waals surface area contributed by atoms with Gasteiger partial charge in [0.15, 0.2) is 5.03 Å². The first-order valence-corrected chi connectivity index (χ1v) is 7.93. The standard InChI is InChI=1S/C12H23N3O2S/c1-5-10(4)9-15(7-3)18(16,17)12-8-13-11(6-2)14-12/h8,10H,5-7,9H2,1-4H3,(H,13,14). The van der Waals surface area contributed by atoms with E-state index in [9.17, 15) is 8.42 Å². The lowest BCUT2D eigenvalue weighted by atomic mass is 10.1. The summed E-state index contributed by atoms with van der Waals surface area (Å²) in [6.45, 7) is 8.95. The fourth-order valence-corrected chi connectivity index (χ4v) is 3.17. The van der Waals surface area contributed by atoms with Crippen molar-refractivity contribution in [3.63, 3.8) is 0 Å². The summed E-state index contributed by atoms with van der Waals surface area (Å²) in [5.74, 6) is 1.06. The van der Waals surface area contributed by atoms with E-state index in [4.69, 9.17) is 0 Å². The minimum atomic E-state index is -3.43. The number of hydrogen-bond acceptors (Lipinski definition) is 3. The Bertz CT molecular complexity index is 467. The van der Waals surface area contributed by atoms with Gasteiger partial charge in [-0.05, 0) is 5.92 Å². The molecule has 1 aromatic heterocycles. The number of aryl methyl sites for hydroxylation is 1. The van der Waals surface area contributed by atoms with Crippen molar-refractivity contribution >= 4 is 10.0 Å². The molecule has 0 amide bonds. The molecule has 6 heteroatoms. The van der Waals surface area contributed by atoms with Crippen molar-refractivity contribution in [2.45, 2.75) is 45.6 Å². The first-order chi connectivity index (χ1) is 8.45. The predicted molar refractivity (Wildman–Crippen MR) is 71.9 cm³/mol. The van der Waals surface area contributed by atoms with E-state index in [0.29, 0.717) is 31.3 Å². The quantitative estimate of drug-likeness (QED) is 0.826. The molecule has 0 aliphatic rings. The minimum Gasteiger partial charge on any atom is -0.332 e. The second-order valence-corrected chi connectivity index (χ2v) is 6.42. The highest BCUT2D eigenvalue weighted by atomic mass is 32.2. The molecule has 1 N–H and O–H groups in total. The largest absolute Gasteiger partial charge is 0.332 e. The van der Waals surface area contributed by atoms with E-state index in [1.165, 1.54) is 10.5 Å². The smallest absolute Gasteiger partial charge is 0.260 e. The molecular weight excluding hydrogens is 250 g/mol. The summed E-state index contributed by atoms with van der Waals surface area (Å²) in [5.41, 5.74) is 0. The highest BCUT2D eigenvalue weighted by Crippen LogP contribution is 2.16. The molecular formula is C12H23N3O2S. The van der Waals surface area contributed by atoms with Gasteiger partial charge in [-0.3, -0.25) is 0 Å². The third-order valence-electron chi connectivity index (χ3n) is 3.12. The maximum atomic E-state index is 12.4. The van der Waals surface area contributed by atoms with Crippen LogP contribution in [0.5, 0.6) is 0 Å². The third kappa shape index (κ3) is 3.32. The van der Waals surface area contributed by atoms with Crippen LogP contribution in [0, 0.1) is 5.92 Å². The van der Waals surface area contributed by atoms with Gasteiger partial charge in [-0.1, -0.05) is 34.1 Å². The Balaban J connectivity index is 2.95. The molecule has 0 aliphatic carbocycles. The van der Waals surface area contributed by atoms with Crippen LogP contribution in [0.2, 0.25) is 0 Å². The molecule has 0 spiro atoms. The lowest BCUT2D eigenvalue weighted by molar-refractivity contribution is 0.360. The molecule has 0 bridgehead atoms. The first kappa shape index (κ1) is 15.2. The van der Waals surface area contributed by atoms with Crippen LogP contribution in [0.1, 0.15) is 39.9 Å². The summed E-state index contributed by atoms with van der Waals surface area (Å²) >= 11 is 0. The number of imidazole rings is 1. The summed E-state index contributed by atoms with van der Waals surface area (Å²) < 4.78 is 26.3. The second kappa shape index (κ2) is 6.33. The molecule has 5 nitrogen and oxygen atoms in total. The van der Waals surface area contributed by atoms with E-state index in [0.717, 1.165) is 6.42 Å². The number of aromatic amines is 1. The van der Waals surface area contributed by atoms with Gasteiger partial charge in [0.2, 0.25) is 0 Å². The summed E-state index contributed by atoms with van der Waals surface area (Å²) in [6, 6.07) is 0. The summed E-state index contributed by atoms with van der Waals surface area (Å²) in [5, 5.41) is 0.199. The van der Waals surface area contributed by atoms with Crippen LogP contribution in [-0.2, 0) is 16.4 Å². The molecule has 104 valence electrons. The van der Waals surface area contributed by atoms with E-state index in [-0.39, 0.29) is 5.03 Å². The molecule has 0 saturated heterocycles. The maximum absolute atomic E-state index is 12.4. The molecule has 18 heavy (non-hydrogen) atoms. The molecule has 1 heterocycles. The van der Waals surface area contributed by atoms with E-state index >= 15 is 0 Å². The Labute approximate surface area is 110 Å². The molecule has 0 aliphatic heterocycles. The first-order valence-electron chi connectivity index (χ1n) is 6.49. The van der Waals surface area contributed by atoms with Gasteiger partial charge < -0.3 is 4.98 Å². The van der Waals surface area contributed by atoms with Gasteiger partial charge in [-0.15, -0.1) is 0 Å². The van der Waals surface area contributed by atoms with E-state index in [1.807, 2.05) is 13.8 Å². The Hall–Kier alpha value is -0.880. The zero-order valence-corrected chi connectivity index (χ0v) is 12.4. The molecule has 0 saturated carbocycles.